The minimum Gasteiger partial charge on any atom is -0.444 e. The zero-order valence-corrected chi connectivity index (χ0v) is 14.5. The van der Waals surface area contributed by atoms with Crippen molar-refractivity contribution in [1.29, 1.82) is 0 Å². The Hall–Kier alpha value is -2.38. The van der Waals surface area contributed by atoms with E-state index in [1.807, 2.05) is 20.8 Å². The number of carbonyl (C=O) groups excluding carboxylic acids is 1. The Morgan fingerprint density at radius 2 is 2.04 bits per heavy atom. The number of nitrogens with zero attached hydrogens (tertiary/aromatic N) is 3. The van der Waals surface area contributed by atoms with E-state index in [-0.39, 0.29) is 11.7 Å². The molecule has 2 rings (SSSR count). The average Bonchev–Trinajstić information content (AvgIpc) is 2.45. The first-order valence-electron chi connectivity index (χ1n) is 8.01. The first-order valence-corrected chi connectivity index (χ1v) is 8.01. The topological polar surface area (TPSA) is 97.6 Å². The van der Waals surface area contributed by atoms with E-state index in [4.69, 9.17) is 4.74 Å². The van der Waals surface area contributed by atoms with Crippen molar-refractivity contribution in [1.82, 2.24) is 10.3 Å². The van der Waals surface area contributed by atoms with Crippen LogP contribution in [0.5, 0.6) is 0 Å². The van der Waals surface area contributed by atoms with E-state index in [1.165, 1.54) is 6.20 Å². The van der Waals surface area contributed by atoms with E-state index in [2.05, 4.69) is 15.2 Å². The molecule has 1 aromatic heterocycles. The summed E-state index contributed by atoms with van der Waals surface area (Å²) < 4.78 is 5.26. The molecule has 0 aromatic carbocycles. The van der Waals surface area contributed by atoms with Crippen molar-refractivity contribution >= 4 is 17.6 Å². The summed E-state index contributed by atoms with van der Waals surface area (Å²) in [6.07, 6.45) is 2.45. The summed E-state index contributed by atoms with van der Waals surface area (Å²) in [5.74, 6) is 0.730. The number of anilines is 1. The molecule has 132 valence electrons. The third-order valence-electron chi connectivity index (χ3n) is 3.81. The molecule has 8 heteroatoms. The number of nitro groups is 1. The average molecular weight is 336 g/mol. The SMILES string of the molecule is Cc1cc(N2CCC(NC(=O)OC(C)(C)C)CC2)ncc1[N+](=O)[O-]. The summed E-state index contributed by atoms with van der Waals surface area (Å²) in [7, 11) is 0. The van der Waals surface area contributed by atoms with Gasteiger partial charge in [-0.15, -0.1) is 0 Å². The maximum atomic E-state index is 11.8. The van der Waals surface area contributed by atoms with Gasteiger partial charge >= 0.3 is 6.09 Å². The van der Waals surface area contributed by atoms with Crippen molar-refractivity contribution < 1.29 is 14.5 Å². The Balaban J connectivity index is 1.90. The highest BCUT2D eigenvalue weighted by molar-refractivity contribution is 5.68. The number of piperidine rings is 1. The van der Waals surface area contributed by atoms with Crippen molar-refractivity contribution in [2.24, 2.45) is 0 Å². The van der Waals surface area contributed by atoms with Gasteiger partial charge in [-0.05, 0) is 46.6 Å². The third kappa shape index (κ3) is 4.81. The van der Waals surface area contributed by atoms with Gasteiger partial charge in [-0.25, -0.2) is 9.78 Å². The Kier molecular flexibility index (Phi) is 5.26. The Bertz CT molecular complexity index is 619. The van der Waals surface area contributed by atoms with Crippen LogP contribution in [0.4, 0.5) is 16.3 Å². The lowest BCUT2D eigenvalue weighted by Crippen LogP contribution is -2.46. The molecule has 1 aliphatic rings. The summed E-state index contributed by atoms with van der Waals surface area (Å²) in [6, 6.07) is 1.80. The molecule has 1 fully saturated rings. The lowest BCUT2D eigenvalue weighted by atomic mass is 10.1. The molecule has 8 nitrogen and oxygen atoms in total. The first kappa shape index (κ1) is 18.0. The molecular weight excluding hydrogens is 312 g/mol. The molecule has 1 amide bonds. The number of nitrogens with one attached hydrogen (secondary N) is 1. The van der Waals surface area contributed by atoms with Crippen LogP contribution in [0.2, 0.25) is 0 Å². The van der Waals surface area contributed by atoms with Gasteiger partial charge in [-0.3, -0.25) is 10.1 Å². The van der Waals surface area contributed by atoms with Crippen LogP contribution < -0.4 is 10.2 Å². The van der Waals surface area contributed by atoms with Crippen molar-refractivity contribution in [2.45, 2.75) is 52.2 Å². The van der Waals surface area contributed by atoms with E-state index in [9.17, 15) is 14.9 Å². The smallest absolute Gasteiger partial charge is 0.407 e. The van der Waals surface area contributed by atoms with Crippen molar-refractivity contribution in [3.8, 4) is 0 Å². The fourth-order valence-electron chi connectivity index (χ4n) is 2.63. The fourth-order valence-corrected chi connectivity index (χ4v) is 2.63. The van der Waals surface area contributed by atoms with E-state index in [0.717, 1.165) is 31.7 Å². The number of aromatic nitrogens is 1. The molecule has 1 saturated heterocycles. The molecular formula is C16H24N4O4. The Morgan fingerprint density at radius 1 is 1.42 bits per heavy atom. The van der Waals surface area contributed by atoms with Crippen LogP contribution >= 0.6 is 0 Å². The normalized spacial score (nSPS) is 15.9. The molecule has 24 heavy (non-hydrogen) atoms. The molecule has 0 bridgehead atoms. The third-order valence-corrected chi connectivity index (χ3v) is 3.81. The minimum absolute atomic E-state index is 0.0280. The number of ether oxygens (including phenoxy) is 1. The van der Waals surface area contributed by atoms with Gasteiger partial charge in [0.15, 0.2) is 0 Å². The van der Waals surface area contributed by atoms with E-state index in [0.29, 0.717) is 5.56 Å². The largest absolute Gasteiger partial charge is 0.444 e. The molecule has 0 saturated carbocycles. The van der Waals surface area contributed by atoms with Crippen LogP contribution in [0.1, 0.15) is 39.2 Å². The lowest BCUT2D eigenvalue weighted by Gasteiger charge is -2.33. The summed E-state index contributed by atoms with van der Waals surface area (Å²) in [4.78, 5) is 28.5. The molecule has 1 aromatic rings. The Labute approximate surface area is 141 Å². The summed E-state index contributed by atoms with van der Waals surface area (Å²) in [5.41, 5.74) is 0.115. The minimum atomic E-state index is -0.509. The van der Waals surface area contributed by atoms with E-state index < -0.39 is 16.6 Å². The molecule has 0 unspecified atom stereocenters. The highest BCUT2D eigenvalue weighted by atomic mass is 16.6. The van der Waals surface area contributed by atoms with Crippen molar-refractivity contribution in [3.05, 3.63) is 27.9 Å². The van der Waals surface area contributed by atoms with Crippen LogP contribution in [0.3, 0.4) is 0 Å². The van der Waals surface area contributed by atoms with Crippen molar-refractivity contribution in [3.63, 3.8) is 0 Å². The predicted molar refractivity (Wildman–Crippen MR) is 90.2 cm³/mol. The molecule has 0 radical (unpaired) electrons. The molecule has 2 heterocycles. The number of carbonyl (C=O) groups is 1. The quantitative estimate of drug-likeness (QED) is 0.673. The summed E-state index contributed by atoms with van der Waals surface area (Å²) >= 11 is 0. The number of pyridine rings is 1. The second-order valence-electron chi connectivity index (χ2n) is 6.99. The maximum absolute atomic E-state index is 11.8. The summed E-state index contributed by atoms with van der Waals surface area (Å²) in [5, 5.41) is 13.7. The zero-order valence-electron chi connectivity index (χ0n) is 14.5. The van der Waals surface area contributed by atoms with Gasteiger partial charge in [0.05, 0.1) is 4.92 Å². The molecule has 0 atom stereocenters. The van der Waals surface area contributed by atoms with Crippen molar-refractivity contribution in [2.75, 3.05) is 18.0 Å². The standard InChI is InChI=1S/C16H24N4O4/c1-11-9-14(17-10-13(11)20(22)23)19-7-5-12(6-8-19)18-15(21)24-16(2,3)4/h9-10,12H,5-8H2,1-4H3,(H,18,21). The highest BCUT2D eigenvalue weighted by Gasteiger charge is 2.24. The monoisotopic (exact) mass is 336 g/mol. The van der Waals surface area contributed by atoms with Crippen LogP contribution in [0, 0.1) is 17.0 Å². The van der Waals surface area contributed by atoms with Crippen LogP contribution in [0.15, 0.2) is 12.3 Å². The van der Waals surface area contributed by atoms with Crippen LogP contribution in [0.25, 0.3) is 0 Å². The van der Waals surface area contributed by atoms with Crippen LogP contribution in [-0.2, 0) is 4.74 Å². The molecule has 0 aliphatic carbocycles. The van der Waals surface area contributed by atoms with E-state index >= 15 is 0 Å². The van der Waals surface area contributed by atoms with Crippen LogP contribution in [-0.4, -0.2) is 40.7 Å². The van der Waals surface area contributed by atoms with Gasteiger partial charge in [0.2, 0.25) is 0 Å². The van der Waals surface area contributed by atoms with Gasteiger partial charge in [-0.2, -0.15) is 0 Å². The number of aryl methyl sites for hydroxylation is 1. The molecule has 1 N–H and O–H groups in total. The second-order valence-corrected chi connectivity index (χ2v) is 6.99. The van der Waals surface area contributed by atoms with Gasteiger partial charge in [0, 0.05) is 24.7 Å². The molecule has 0 spiro atoms. The number of hydrogen-bond donors (Lipinski definition) is 1. The van der Waals surface area contributed by atoms with Gasteiger partial charge in [0.25, 0.3) is 5.69 Å². The number of hydrogen-bond acceptors (Lipinski definition) is 6. The fraction of sp³-hybridized carbons (Fsp3) is 0.625. The van der Waals surface area contributed by atoms with Gasteiger partial charge in [-0.1, -0.05) is 0 Å². The second kappa shape index (κ2) is 7.02. The van der Waals surface area contributed by atoms with Gasteiger partial charge < -0.3 is 15.0 Å². The summed E-state index contributed by atoms with van der Waals surface area (Å²) in [6.45, 7) is 8.66. The number of alkyl carbamates (subject to hydrolysis) is 1. The first-order chi connectivity index (χ1) is 11.2. The maximum Gasteiger partial charge on any atom is 0.407 e. The van der Waals surface area contributed by atoms with E-state index in [1.54, 1.807) is 13.0 Å². The van der Waals surface area contributed by atoms with Gasteiger partial charge in [0.1, 0.15) is 17.6 Å². The number of amides is 1. The highest BCUT2D eigenvalue weighted by Crippen LogP contribution is 2.24. The molecule has 1 aliphatic heterocycles. The Morgan fingerprint density at radius 3 is 2.54 bits per heavy atom. The predicted octanol–water partition coefficient (Wildman–Crippen LogP) is 2.79. The number of rotatable bonds is 3. The lowest BCUT2D eigenvalue weighted by molar-refractivity contribution is -0.385. The zero-order chi connectivity index (χ0) is 17.9.